The highest BCUT2D eigenvalue weighted by Crippen LogP contribution is 2.69. The van der Waals surface area contributed by atoms with Crippen molar-refractivity contribution in [1.29, 1.82) is 0 Å². The smallest absolute Gasteiger partial charge is 0.222 e. The highest BCUT2D eigenvalue weighted by atomic mass is 16.4. The van der Waals surface area contributed by atoms with Gasteiger partial charge in [0, 0.05) is 18.4 Å². The summed E-state index contributed by atoms with van der Waals surface area (Å²) in [4.78, 5) is 0. The second kappa shape index (κ2) is 4.31. The molecule has 5 rings (SSSR count). The second-order valence-corrected chi connectivity index (χ2v) is 8.76. The molecule has 1 aromatic heterocycles. The molecule has 4 saturated carbocycles. The zero-order chi connectivity index (χ0) is 14.7. The number of nitrogens with zero attached hydrogens (tertiary/aromatic N) is 2. The molecule has 21 heavy (non-hydrogen) atoms. The third kappa shape index (κ3) is 2.14. The van der Waals surface area contributed by atoms with E-state index in [-0.39, 0.29) is 5.41 Å². The molecule has 4 aliphatic rings. The summed E-state index contributed by atoms with van der Waals surface area (Å²) in [7, 11) is 1.96. The van der Waals surface area contributed by atoms with Crippen LogP contribution in [0.3, 0.4) is 0 Å². The highest BCUT2D eigenvalue weighted by molar-refractivity contribution is 5.20. The van der Waals surface area contributed by atoms with Crippen LogP contribution in [0, 0.1) is 16.7 Å². The van der Waals surface area contributed by atoms with E-state index in [1.807, 2.05) is 7.05 Å². The van der Waals surface area contributed by atoms with Crippen molar-refractivity contribution in [3.63, 3.8) is 0 Å². The fourth-order valence-corrected chi connectivity index (χ4v) is 6.49. The van der Waals surface area contributed by atoms with Gasteiger partial charge in [0.1, 0.15) is 0 Å². The van der Waals surface area contributed by atoms with Crippen molar-refractivity contribution in [2.45, 2.75) is 64.2 Å². The SMILES string of the molecule is CNCCc1nnc(C23CC4CC(C)(CC(C)(C4)C2)C3)o1. The topological polar surface area (TPSA) is 51.0 Å². The maximum absolute atomic E-state index is 6.10. The van der Waals surface area contributed by atoms with Gasteiger partial charge in [0.05, 0.1) is 0 Å². The van der Waals surface area contributed by atoms with Crippen LogP contribution in [0.2, 0.25) is 0 Å². The molecule has 0 aromatic carbocycles. The molecule has 0 spiro atoms. The Morgan fingerprint density at radius 3 is 2.43 bits per heavy atom. The van der Waals surface area contributed by atoms with Crippen molar-refractivity contribution in [2.75, 3.05) is 13.6 Å². The Morgan fingerprint density at radius 1 is 1.10 bits per heavy atom. The van der Waals surface area contributed by atoms with Gasteiger partial charge in [-0.2, -0.15) is 0 Å². The normalized spacial score (nSPS) is 44.4. The highest BCUT2D eigenvalue weighted by Gasteiger charge is 2.62. The molecule has 4 aliphatic carbocycles. The van der Waals surface area contributed by atoms with Crippen LogP contribution < -0.4 is 5.32 Å². The Bertz CT molecular complexity index is 534. The lowest BCUT2D eigenvalue weighted by atomic mass is 9.40. The number of aromatic nitrogens is 2. The Morgan fingerprint density at radius 2 is 1.81 bits per heavy atom. The molecule has 4 fully saturated rings. The van der Waals surface area contributed by atoms with Gasteiger partial charge in [-0.25, -0.2) is 0 Å². The summed E-state index contributed by atoms with van der Waals surface area (Å²) in [6.45, 7) is 5.87. The van der Waals surface area contributed by atoms with Crippen molar-refractivity contribution < 1.29 is 4.42 Å². The Kier molecular flexibility index (Phi) is 2.82. The Labute approximate surface area is 127 Å². The van der Waals surface area contributed by atoms with Gasteiger partial charge in [-0.15, -0.1) is 10.2 Å². The lowest BCUT2D eigenvalue weighted by Gasteiger charge is -2.64. The van der Waals surface area contributed by atoms with Gasteiger partial charge in [-0.3, -0.25) is 0 Å². The van der Waals surface area contributed by atoms with Crippen LogP contribution >= 0.6 is 0 Å². The molecule has 0 aliphatic heterocycles. The van der Waals surface area contributed by atoms with Gasteiger partial charge < -0.3 is 9.73 Å². The van der Waals surface area contributed by atoms with E-state index in [4.69, 9.17) is 4.42 Å². The Balaban J connectivity index is 1.66. The Hall–Kier alpha value is -0.900. The third-order valence-electron chi connectivity index (χ3n) is 6.14. The minimum absolute atomic E-state index is 0.174. The first-order valence-electron chi connectivity index (χ1n) is 8.42. The van der Waals surface area contributed by atoms with Gasteiger partial charge in [-0.1, -0.05) is 13.8 Å². The fourth-order valence-electron chi connectivity index (χ4n) is 6.49. The zero-order valence-electron chi connectivity index (χ0n) is 13.5. The first-order valence-corrected chi connectivity index (χ1v) is 8.42. The number of likely N-dealkylation sites (N-methyl/N-ethyl adjacent to an activating group) is 1. The van der Waals surface area contributed by atoms with E-state index in [9.17, 15) is 0 Å². The molecule has 0 saturated heterocycles. The number of hydrogen-bond donors (Lipinski definition) is 1. The van der Waals surface area contributed by atoms with Crippen LogP contribution in [-0.4, -0.2) is 23.8 Å². The van der Waals surface area contributed by atoms with Crippen molar-refractivity contribution in [3.05, 3.63) is 11.8 Å². The molecular formula is C17H27N3O. The van der Waals surface area contributed by atoms with Gasteiger partial charge in [0.15, 0.2) is 0 Å². The average molecular weight is 289 g/mol. The molecule has 4 nitrogen and oxygen atoms in total. The molecule has 116 valence electrons. The molecule has 2 unspecified atom stereocenters. The van der Waals surface area contributed by atoms with Crippen molar-refractivity contribution in [1.82, 2.24) is 15.5 Å². The molecule has 4 bridgehead atoms. The van der Waals surface area contributed by atoms with E-state index in [2.05, 4.69) is 29.4 Å². The van der Waals surface area contributed by atoms with E-state index >= 15 is 0 Å². The minimum atomic E-state index is 0.174. The zero-order valence-corrected chi connectivity index (χ0v) is 13.5. The number of hydrogen-bond acceptors (Lipinski definition) is 4. The first kappa shape index (κ1) is 13.7. The third-order valence-corrected chi connectivity index (χ3v) is 6.14. The van der Waals surface area contributed by atoms with Crippen molar-refractivity contribution in [2.24, 2.45) is 16.7 Å². The van der Waals surface area contributed by atoms with E-state index in [1.54, 1.807) is 0 Å². The van der Waals surface area contributed by atoms with Gasteiger partial charge in [0.2, 0.25) is 11.8 Å². The molecule has 0 amide bonds. The number of rotatable bonds is 4. The van der Waals surface area contributed by atoms with Crippen LogP contribution in [0.25, 0.3) is 0 Å². The molecule has 1 heterocycles. The lowest BCUT2D eigenvalue weighted by Crippen LogP contribution is -2.57. The molecule has 0 radical (unpaired) electrons. The van der Waals surface area contributed by atoms with Gasteiger partial charge in [-0.05, 0) is 62.3 Å². The van der Waals surface area contributed by atoms with E-state index in [0.29, 0.717) is 10.8 Å². The quantitative estimate of drug-likeness (QED) is 0.925. The fraction of sp³-hybridized carbons (Fsp3) is 0.882. The largest absolute Gasteiger partial charge is 0.425 e. The van der Waals surface area contributed by atoms with Crippen LogP contribution in [0.4, 0.5) is 0 Å². The lowest BCUT2D eigenvalue weighted by molar-refractivity contribution is -0.117. The summed E-state index contributed by atoms with van der Waals surface area (Å²) in [6, 6.07) is 0. The molecular weight excluding hydrogens is 262 g/mol. The summed E-state index contributed by atoms with van der Waals surface area (Å²) >= 11 is 0. The van der Waals surface area contributed by atoms with Gasteiger partial charge >= 0.3 is 0 Å². The maximum atomic E-state index is 6.10. The first-order chi connectivity index (χ1) is 9.94. The molecule has 4 heteroatoms. The van der Waals surface area contributed by atoms with Gasteiger partial charge in [0.25, 0.3) is 0 Å². The molecule has 1 aromatic rings. The number of nitrogens with one attached hydrogen (secondary N) is 1. The predicted molar refractivity (Wildman–Crippen MR) is 81.0 cm³/mol. The monoisotopic (exact) mass is 289 g/mol. The summed E-state index contributed by atoms with van der Waals surface area (Å²) in [5.74, 6) is 2.60. The summed E-state index contributed by atoms with van der Waals surface area (Å²) in [6.07, 6.45) is 8.80. The van der Waals surface area contributed by atoms with Crippen LogP contribution in [0.15, 0.2) is 4.42 Å². The second-order valence-electron chi connectivity index (χ2n) is 8.76. The summed E-state index contributed by atoms with van der Waals surface area (Å²) in [5.41, 5.74) is 1.16. The van der Waals surface area contributed by atoms with E-state index < -0.39 is 0 Å². The predicted octanol–water partition coefficient (Wildman–Crippen LogP) is 3.08. The van der Waals surface area contributed by atoms with E-state index in [1.165, 1.54) is 38.5 Å². The van der Waals surface area contributed by atoms with Crippen LogP contribution in [0.1, 0.15) is 64.2 Å². The minimum Gasteiger partial charge on any atom is -0.425 e. The standard InChI is InChI=1S/C17H27N3O/c1-15-6-12-7-16(2,9-15)11-17(8-12,10-15)14-20-19-13(21-14)4-5-18-3/h12,18H,4-11H2,1-3H3. The van der Waals surface area contributed by atoms with Crippen molar-refractivity contribution in [3.8, 4) is 0 Å². The van der Waals surface area contributed by atoms with E-state index in [0.717, 1.165) is 30.7 Å². The van der Waals surface area contributed by atoms with Crippen LogP contribution in [0.5, 0.6) is 0 Å². The molecule has 1 N–H and O–H groups in total. The van der Waals surface area contributed by atoms with Crippen LogP contribution in [-0.2, 0) is 11.8 Å². The molecule has 2 atom stereocenters. The van der Waals surface area contributed by atoms with Crippen molar-refractivity contribution >= 4 is 0 Å². The summed E-state index contributed by atoms with van der Waals surface area (Å²) in [5, 5.41) is 11.9. The maximum Gasteiger partial charge on any atom is 0.222 e. The summed E-state index contributed by atoms with van der Waals surface area (Å²) < 4.78 is 6.10. The average Bonchev–Trinajstić information content (AvgIpc) is 2.81.